The summed E-state index contributed by atoms with van der Waals surface area (Å²) in [7, 11) is 1.62. The molecule has 1 fully saturated rings. The largest absolute Gasteiger partial charge is 0.385 e. The highest BCUT2D eigenvalue weighted by molar-refractivity contribution is 5.98. The summed E-state index contributed by atoms with van der Waals surface area (Å²) in [5.74, 6) is -0.509. The summed E-state index contributed by atoms with van der Waals surface area (Å²) in [6, 6.07) is 6.74. The number of rotatable bonds is 7. The van der Waals surface area contributed by atoms with E-state index in [0.717, 1.165) is 6.42 Å². The molecule has 1 atom stereocenters. The number of nitrogens with one attached hydrogen (secondary N) is 1. The molecule has 0 spiro atoms. The molecule has 1 unspecified atom stereocenters. The van der Waals surface area contributed by atoms with Crippen LogP contribution in [0, 0.1) is 5.92 Å². The van der Waals surface area contributed by atoms with Gasteiger partial charge in [-0.3, -0.25) is 14.4 Å². The zero-order valence-corrected chi connectivity index (χ0v) is 13.5. The Kier molecular flexibility index (Phi) is 5.87. The maximum atomic E-state index is 12.3. The van der Waals surface area contributed by atoms with Crippen LogP contribution in [0.3, 0.4) is 0 Å². The number of carbonyl (C=O) groups is 3. The van der Waals surface area contributed by atoms with E-state index in [-0.39, 0.29) is 29.9 Å². The summed E-state index contributed by atoms with van der Waals surface area (Å²) in [6.45, 7) is 3.16. The van der Waals surface area contributed by atoms with E-state index in [1.54, 1.807) is 36.3 Å². The Balaban J connectivity index is 1.88. The average Bonchev–Trinajstić information content (AvgIpc) is 2.89. The minimum atomic E-state index is -0.336. The van der Waals surface area contributed by atoms with Gasteiger partial charge in [0, 0.05) is 44.5 Å². The molecule has 6 heteroatoms. The van der Waals surface area contributed by atoms with Gasteiger partial charge >= 0.3 is 0 Å². The smallest absolute Gasteiger partial charge is 0.229 e. The van der Waals surface area contributed by atoms with E-state index < -0.39 is 0 Å². The molecular weight excluding hydrogens is 296 g/mol. The molecular formula is C17H22N2O4. The Bertz CT molecular complexity index is 583. The molecule has 23 heavy (non-hydrogen) atoms. The summed E-state index contributed by atoms with van der Waals surface area (Å²) in [4.78, 5) is 37.1. The number of ether oxygens (including phenoxy) is 1. The Morgan fingerprint density at radius 1 is 1.30 bits per heavy atom. The summed E-state index contributed by atoms with van der Waals surface area (Å²) in [6.07, 6.45) is 1.01. The predicted molar refractivity (Wildman–Crippen MR) is 86.3 cm³/mol. The molecule has 1 heterocycles. The third kappa shape index (κ3) is 4.63. The van der Waals surface area contributed by atoms with E-state index in [9.17, 15) is 14.4 Å². The van der Waals surface area contributed by atoms with Gasteiger partial charge in [0.1, 0.15) is 0 Å². The minimum Gasteiger partial charge on any atom is -0.385 e. The Hall–Kier alpha value is -2.21. The molecule has 1 aliphatic rings. The zero-order chi connectivity index (χ0) is 16.8. The van der Waals surface area contributed by atoms with Gasteiger partial charge in [-0.25, -0.2) is 0 Å². The molecule has 1 N–H and O–H groups in total. The van der Waals surface area contributed by atoms with Crippen molar-refractivity contribution in [3.05, 3.63) is 29.8 Å². The number of nitrogens with zero attached hydrogens (tertiary/aromatic N) is 1. The van der Waals surface area contributed by atoms with Gasteiger partial charge in [0.2, 0.25) is 11.8 Å². The fourth-order valence-electron chi connectivity index (χ4n) is 2.60. The second-order valence-electron chi connectivity index (χ2n) is 5.71. The molecule has 1 saturated heterocycles. The van der Waals surface area contributed by atoms with Crippen LogP contribution in [0.25, 0.3) is 0 Å². The van der Waals surface area contributed by atoms with E-state index in [1.807, 2.05) is 0 Å². The first kappa shape index (κ1) is 17.1. The Labute approximate surface area is 135 Å². The van der Waals surface area contributed by atoms with Crippen molar-refractivity contribution in [1.29, 1.82) is 0 Å². The molecule has 6 nitrogen and oxygen atoms in total. The highest BCUT2D eigenvalue weighted by Crippen LogP contribution is 2.20. The predicted octanol–water partition coefficient (Wildman–Crippen LogP) is 1.71. The van der Waals surface area contributed by atoms with Crippen molar-refractivity contribution >= 4 is 23.3 Å². The lowest BCUT2D eigenvalue weighted by atomic mass is 10.1. The Morgan fingerprint density at radius 3 is 2.61 bits per heavy atom. The number of amides is 2. The van der Waals surface area contributed by atoms with Gasteiger partial charge < -0.3 is 15.0 Å². The number of ketones is 1. The fraction of sp³-hybridized carbons (Fsp3) is 0.471. The number of hydrogen-bond donors (Lipinski definition) is 1. The standard InChI is InChI=1S/C17H22N2O4/c1-12(20)13-4-6-15(7-5-13)18-17(22)14-10-16(21)19(11-14)8-3-9-23-2/h4-7,14H,3,8-11H2,1-2H3,(H,18,22). The number of carbonyl (C=O) groups excluding carboxylic acids is 3. The van der Waals surface area contributed by atoms with Gasteiger partial charge in [0.05, 0.1) is 5.92 Å². The minimum absolute atomic E-state index is 0.00757. The van der Waals surface area contributed by atoms with E-state index in [0.29, 0.717) is 30.9 Å². The lowest BCUT2D eigenvalue weighted by Gasteiger charge is -2.16. The van der Waals surface area contributed by atoms with Crippen LogP contribution in [0.1, 0.15) is 30.1 Å². The van der Waals surface area contributed by atoms with Crippen molar-refractivity contribution in [2.45, 2.75) is 19.8 Å². The molecule has 0 aromatic heterocycles. The molecule has 124 valence electrons. The topological polar surface area (TPSA) is 75.7 Å². The lowest BCUT2D eigenvalue weighted by Crippen LogP contribution is -2.29. The summed E-state index contributed by atoms with van der Waals surface area (Å²) >= 11 is 0. The number of Topliss-reactive ketones (excluding diaryl/α,β-unsaturated/α-hetero) is 1. The summed E-state index contributed by atoms with van der Waals surface area (Å²) in [5, 5.41) is 2.80. The first-order valence-corrected chi connectivity index (χ1v) is 7.70. The first-order valence-electron chi connectivity index (χ1n) is 7.70. The van der Waals surface area contributed by atoms with E-state index in [1.165, 1.54) is 6.92 Å². The van der Waals surface area contributed by atoms with Crippen LogP contribution in [0.2, 0.25) is 0 Å². The highest BCUT2D eigenvalue weighted by atomic mass is 16.5. The van der Waals surface area contributed by atoms with Crippen LogP contribution < -0.4 is 5.32 Å². The zero-order valence-electron chi connectivity index (χ0n) is 13.5. The summed E-state index contributed by atoms with van der Waals surface area (Å²) < 4.78 is 4.98. The second-order valence-corrected chi connectivity index (χ2v) is 5.71. The Morgan fingerprint density at radius 2 is 2.00 bits per heavy atom. The molecule has 1 aromatic carbocycles. The van der Waals surface area contributed by atoms with Crippen molar-refractivity contribution in [3.8, 4) is 0 Å². The number of anilines is 1. The molecule has 1 aromatic rings. The summed E-state index contributed by atoms with van der Waals surface area (Å²) in [5.41, 5.74) is 1.23. The molecule has 2 amide bonds. The van der Waals surface area contributed by atoms with Crippen molar-refractivity contribution in [2.24, 2.45) is 5.92 Å². The van der Waals surface area contributed by atoms with Crippen LogP contribution >= 0.6 is 0 Å². The third-order valence-electron chi connectivity index (χ3n) is 3.92. The fourth-order valence-corrected chi connectivity index (χ4v) is 2.60. The maximum absolute atomic E-state index is 12.3. The SMILES string of the molecule is COCCCN1CC(C(=O)Nc2ccc(C(C)=O)cc2)CC1=O. The number of benzene rings is 1. The van der Waals surface area contributed by atoms with Gasteiger partial charge in [0.25, 0.3) is 0 Å². The molecule has 0 radical (unpaired) electrons. The normalized spacial score (nSPS) is 17.4. The maximum Gasteiger partial charge on any atom is 0.229 e. The van der Waals surface area contributed by atoms with Crippen LogP contribution in [-0.4, -0.2) is 49.3 Å². The number of hydrogen-bond acceptors (Lipinski definition) is 4. The van der Waals surface area contributed by atoms with E-state index in [4.69, 9.17) is 4.74 Å². The van der Waals surface area contributed by atoms with Crippen LogP contribution in [-0.2, 0) is 14.3 Å². The van der Waals surface area contributed by atoms with Gasteiger partial charge in [-0.2, -0.15) is 0 Å². The van der Waals surface area contributed by atoms with Crippen molar-refractivity contribution < 1.29 is 19.1 Å². The molecule has 0 bridgehead atoms. The lowest BCUT2D eigenvalue weighted by molar-refractivity contribution is -0.128. The third-order valence-corrected chi connectivity index (χ3v) is 3.92. The number of likely N-dealkylation sites (tertiary alicyclic amines) is 1. The second kappa shape index (κ2) is 7.87. The van der Waals surface area contributed by atoms with Gasteiger partial charge in [-0.1, -0.05) is 0 Å². The molecule has 0 saturated carbocycles. The van der Waals surface area contributed by atoms with Gasteiger partial charge in [-0.15, -0.1) is 0 Å². The van der Waals surface area contributed by atoms with Gasteiger partial charge in [0.15, 0.2) is 5.78 Å². The van der Waals surface area contributed by atoms with Crippen LogP contribution in [0.15, 0.2) is 24.3 Å². The van der Waals surface area contributed by atoms with Crippen LogP contribution in [0.4, 0.5) is 5.69 Å². The molecule has 1 aliphatic heterocycles. The van der Waals surface area contributed by atoms with E-state index in [2.05, 4.69) is 5.32 Å². The van der Waals surface area contributed by atoms with Gasteiger partial charge in [-0.05, 0) is 37.6 Å². The van der Waals surface area contributed by atoms with E-state index >= 15 is 0 Å². The van der Waals surface area contributed by atoms with Crippen molar-refractivity contribution in [3.63, 3.8) is 0 Å². The average molecular weight is 318 g/mol. The van der Waals surface area contributed by atoms with Crippen molar-refractivity contribution in [2.75, 3.05) is 32.1 Å². The van der Waals surface area contributed by atoms with Crippen molar-refractivity contribution in [1.82, 2.24) is 4.90 Å². The quantitative estimate of drug-likeness (QED) is 0.613. The monoisotopic (exact) mass is 318 g/mol. The molecule has 0 aliphatic carbocycles. The van der Waals surface area contributed by atoms with Crippen LogP contribution in [0.5, 0.6) is 0 Å². The number of methoxy groups -OCH3 is 1. The first-order chi connectivity index (χ1) is 11.0. The highest BCUT2D eigenvalue weighted by Gasteiger charge is 2.33. The molecule has 2 rings (SSSR count).